The maximum Gasteiger partial charge on any atom is 0.219 e. The lowest BCUT2D eigenvalue weighted by molar-refractivity contribution is -0.130. The van der Waals surface area contributed by atoms with Crippen LogP contribution in [-0.4, -0.2) is 57.0 Å². The molecule has 0 aromatic carbocycles. The van der Waals surface area contributed by atoms with Crippen molar-refractivity contribution < 1.29 is 4.79 Å². The van der Waals surface area contributed by atoms with E-state index in [1.807, 2.05) is 18.7 Å². The Labute approximate surface area is 126 Å². The van der Waals surface area contributed by atoms with Crippen molar-refractivity contribution in [2.45, 2.75) is 57.7 Å². The Hall–Kier alpha value is -1.36. The van der Waals surface area contributed by atoms with Crippen molar-refractivity contribution in [2.24, 2.45) is 0 Å². The molecular weight excluding hydrogens is 264 g/mol. The van der Waals surface area contributed by atoms with Gasteiger partial charge in [-0.1, -0.05) is 0 Å². The second-order valence-electron chi connectivity index (χ2n) is 6.39. The predicted molar refractivity (Wildman–Crippen MR) is 81.8 cm³/mol. The third-order valence-electron chi connectivity index (χ3n) is 4.72. The minimum atomic E-state index is 0.253. The molecule has 0 bridgehead atoms. The van der Waals surface area contributed by atoms with Gasteiger partial charge in [-0.2, -0.15) is 0 Å². The Morgan fingerprint density at radius 2 is 2.19 bits per heavy atom. The van der Waals surface area contributed by atoms with Gasteiger partial charge in [0.2, 0.25) is 5.91 Å². The summed E-state index contributed by atoms with van der Waals surface area (Å²) in [5.74, 6) is 0.253. The summed E-state index contributed by atoms with van der Waals surface area (Å²) in [6.45, 7) is 5.99. The third kappa shape index (κ3) is 3.84. The second kappa shape index (κ2) is 6.60. The van der Waals surface area contributed by atoms with E-state index in [0.29, 0.717) is 12.1 Å². The Balaban J connectivity index is 1.46. The highest BCUT2D eigenvalue weighted by Gasteiger charge is 2.34. The van der Waals surface area contributed by atoms with Crippen molar-refractivity contribution >= 4 is 5.91 Å². The molecule has 1 saturated heterocycles. The molecule has 3 rings (SSSR count). The number of rotatable bonds is 7. The van der Waals surface area contributed by atoms with Crippen molar-refractivity contribution in [3.63, 3.8) is 0 Å². The van der Waals surface area contributed by atoms with Gasteiger partial charge in [0, 0.05) is 51.0 Å². The van der Waals surface area contributed by atoms with Crippen LogP contribution in [0.25, 0.3) is 0 Å². The Kier molecular flexibility index (Phi) is 4.58. The van der Waals surface area contributed by atoms with Crippen molar-refractivity contribution in [3.05, 3.63) is 18.7 Å². The van der Waals surface area contributed by atoms with Crippen LogP contribution in [0.4, 0.5) is 0 Å². The fourth-order valence-electron chi connectivity index (χ4n) is 3.42. The first-order valence-corrected chi connectivity index (χ1v) is 8.21. The lowest BCUT2D eigenvalue weighted by Crippen LogP contribution is -2.43. The van der Waals surface area contributed by atoms with Gasteiger partial charge in [0.1, 0.15) is 0 Å². The fourth-order valence-corrected chi connectivity index (χ4v) is 3.42. The van der Waals surface area contributed by atoms with Crippen LogP contribution in [0, 0.1) is 0 Å². The largest absolute Gasteiger partial charge is 0.338 e. The molecular formula is C16H26N4O. The molecule has 5 nitrogen and oxygen atoms in total. The normalized spacial score (nSPS) is 22.6. The molecule has 1 atom stereocenters. The van der Waals surface area contributed by atoms with Gasteiger partial charge in [-0.15, -0.1) is 0 Å². The van der Waals surface area contributed by atoms with E-state index >= 15 is 0 Å². The van der Waals surface area contributed by atoms with Crippen LogP contribution in [0.2, 0.25) is 0 Å². The summed E-state index contributed by atoms with van der Waals surface area (Å²) >= 11 is 0. The summed E-state index contributed by atoms with van der Waals surface area (Å²) in [7, 11) is 0. The molecule has 1 aliphatic heterocycles. The van der Waals surface area contributed by atoms with Crippen molar-refractivity contribution in [3.8, 4) is 0 Å². The molecule has 116 valence electrons. The number of likely N-dealkylation sites (tertiary alicyclic amines) is 1. The van der Waals surface area contributed by atoms with Crippen LogP contribution >= 0.6 is 0 Å². The minimum Gasteiger partial charge on any atom is -0.338 e. The van der Waals surface area contributed by atoms with Crippen molar-refractivity contribution in [1.82, 2.24) is 19.4 Å². The molecule has 0 radical (unpaired) electrons. The van der Waals surface area contributed by atoms with E-state index in [1.54, 1.807) is 6.92 Å². The van der Waals surface area contributed by atoms with Gasteiger partial charge in [0.05, 0.1) is 6.33 Å². The predicted octanol–water partition coefficient (Wildman–Crippen LogP) is 1.75. The molecule has 1 saturated carbocycles. The van der Waals surface area contributed by atoms with E-state index in [0.717, 1.165) is 26.1 Å². The zero-order valence-electron chi connectivity index (χ0n) is 12.9. The van der Waals surface area contributed by atoms with E-state index < -0.39 is 0 Å². The smallest absolute Gasteiger partial charge is 0.219 e. The first kappa shape index (κ1) is 14.6. The van der Waals surface area contributed by atoms with Gasteiger partial charge in [0.25, 0.3) is 0 Å². The summed E-state index contributed by atoms with van der Waals surface area (Å²) in [4.78, 5) is 20.6. The number of hydrogen-bond donors (Lipinski definition) is 0. The van der Waals surface area contributed by atoms with Crippen LogP contribution in [0.5, 0.6) is 0 Å². The molecule has 0 unspecified atom stereocenters. The Morgan fingerprint density at radius 1 is 1.33 bits per heavy atom. The number of aromatic nitrogens is 2. The number of carbonyl (C=O) groups is 1. The first-order valence-electron chi connectivity index (χ1n) is 8.21. The second-order valence-corrected chi connectivity index (χ2v) is 6.39. The molecule has 2 fully saturated rings. The van der Waals surface area contributed by atoms with Crippen LogP contribution in [0.3, 0.4) is 0 Å². The summed E-state index contributed by atoms with van der Waals surface area (Å²) < 4.78 is 2.14. The van der Waals surface area contributed by atoms with Crippen LogP contribution in [-0.2, 0) is 11.3 Å². The number of carbonyl (C=O) groups excluding carboxylic acids is 1. The van der Waals surface area contributed by atoms with Gasteiger partial charge in [-0.05, 0) is 38.6 Å². The first-order chi connectivity index (χ1) is 10.2. The average Bonchev–Trinajstić information content (AvgIpc) is 2.99. The maximum absolute atomic E-state index is 11.8. The van der Waals surface area contributed by atoms with E-state index in [9.17, 15) is 4.79 Å². The highest BCUT2D eigenvalue weighted by molar-refractivity contribution is 5.74. The lowest BCUT2D eigenvalue weighted by Gasteiger charge is -2.30. The van der Waals surface area contributed by atoms with Gasteiger partial charge in [-0.3, -0.25) is 9.69 Å². The molecule has 1 aromatic heterocycles. The van der Waals surface area contributed by atoms with Crippen molar-refractivity contribution in [2.75, 3.05) is 19.6 Å². The molecule has 2 heterocycles. The highest BCUT2D eigenvalue weighted by atomic mass is 16.2. The average molecular weight is 290 g/mol. The van der Waals surface area contributed by atoms with Crippen molar-refractivity contribution in [1.29, 1.82) is 0 Å². The van der Waals surface area contributed by atoms with Crippen LogP contribution in [0.15, 0.2) is 18.7 Å². The summed E-state index contributed by atoms with van der Waals surface area (Å²) in [5, 5.41) is 0. The Morgan fingerprint density at radius 3 is 2.86 bits per heavy atom. The molecule has 1 aromatic rings. The van der Waals surface area contributed by atoms with Gasteiger partial charge in [-0.25, -0.2) is 4.98 Å². The number of imidazole rings is 1. The van der Waals surface area contributed by atoms with Gasteiger partial charge < -0.3 is 9.47 Å². The quantitative estimate of drug-likeness (QED) is 0.768. The zero-order valence-corrected chi connectivity index (χ0v) is 12.9. The molecule has 21 heavy (non-hydrogen) atoms. The topological polar surface area (TPSA) is 41.4 Å². The molecule has 0 N–H and O–H groups in total. The van der Waals surface area contributed by atoms with E-state index in [1.165, 1.54) is 32.2 Å². The van der Waals surface area contributed by atoms with Crippen LogP contribution in [0.1, 0.15) is 39.0 Å². The monoisotopic (exact) mass is 290 g/mol. The summed E-state index contributed by atoms with van der Waals surface area (Å²) in [6.07, 6.45) is 11.8. The molecule has 1 aliphatic carbocycles. The zero-order chi connectivity index (χ0) is 14.7. The molecule has 0 spiro atoms. The van der Waals surface area contributed by atoms with E-state index in [-0.39, 0.29) is 5.91 Å². The SMILES string of the molecule is CC(=O)N(C[C@@H]1CCCN1CCCn1ccnc1)C1CC1. The lowest BCUT2D eigenvalue weighted by atomic mass is 10.2. The fraction of sp³-hybridized carbons (Fsp3) is 0.750. The summed E-state index contributed by atoms with van der Waals surface area (Å²) in [6, 6.07) is 1.10. The van der Waals surface area contributed by atoms with Crippen LogP contribution < -0.4 is 0 Å². The maximum atomic E-state index is 11.8. The highest BCUT2D eigenvalue weighted by Crippen LogP contribution is 2.29. The third-order valence-corrected chi connectivity index (χ3v) is 4.72. The summed E-state index contributed by atoms with van der Waals surface area (Å²) in [5.41, 5.74) is 0. The van der Waals surface area contributed by atoms with Gasteiger partial charge >= 0.3 is 0 Å². The molecule has 1 amide bonds. The van der Waals surface area contributed by atoms with E-state index in [2.05, 4.69) is 19.4 Å². The number of nitrogens with zero attached hydrogens (tertiary/aromatic N) is 4. The number of aryl methyl sites for hydroxylation is 1. The Bertz CT molecular complexity index is 455. The molecule has 5 heteroatoms. The van der Waals surface area contributed by atoms with E-state index in [4.69, 9.17) is 0 Å². The number of amides is 1. The molecule has 2 aliphatic rings. The standard InChI is InChI=1S/C16H26N4O/c1-14(21)20(15-5-6-15)12-16-4-2-9-19(16)10-3-8-18-11-7-17-13-18/h7,11,13,15-16H,2-6,8-10,12H2,1H3/t16-/m0/s1. The minimum absolute atomic E-state index is 0.253. The number of hydrogen-bond acceptors (Lipinski definition) is 3. The van der Waals surface area contributed by atoms with Gasteiger partial charge in [0.15, 0.2) is 0 Å².